The van der Waals surface area contributed by atoms with E-state index in [9.17, 15) is 0 Å². The van der Waals surface area contributed by atoms with Crippen LogP contribution in [-0.4, -0.2) is 52.5 Å². The van der Waals surface area contributed by atoms with Crippen LogP contribution in [0.4, 0.5) is 0 Å². The largest absolute Gasteiger partial charge is 0.481 e. The molecule has 0 radical (unpaired) electrons. The first-order valence-corrected chi connectivity index (χ1v) is 9.17. The van der Waals surface area contributed by atoms with E-state index in [2.05, 4.69) is 37.6 Å². The van der Waals surface area contributed by atoms with Gasteiger partial charge in [-0.15, -0.1) is 24.0 Å². The highest BCUT2D eigenvalue weighted by atomic mass is 127. The van der Waals surface area contributed by atoms with E-state index in [-0.39, 0.29) is 30.0 Å². The number of ether oxygens (including phenoxy) is 2. The van der Waals surface area contributed by atoms with Crippen LogP contribution in [0.15, 0.2) is 23.3 Å². The topological polar surface area (TPSA) is 98.5 Å². The van der Waals surface area contributed by atoms with Gasteiger partial charge >= 0.3 is 0 Å². The molecule has 3 rings (SSSR count). The number of pyridine rings is 1. The Kier molecular flexibility index (Phi) is 8.90. The first-order chi connectivity index (χ1) is 13.2. The van der Waals surface area contributed by atoms with Crippen molar-refractivity contribution in [3.63, 3.8) is 0 Å². The van der Waals surface area contributed by atoms with Crippen LogP contribution in [0, 0.1) is 0 Å². The fourth-order valence-corrected chi connectivity index (χ4v) is 3.01. The molecule has 0 aromatic carbocycles. The van der Waals surface area contributed by atoms with E-state index >= 15 is 0 Å². The summed E-state index contributed by atoms with van der Waals surface area (Å²) in [6, 6.07) is 4.08. The summed E-state index contributed by atoms with van der Waals surface area (Å²) < 4.78 is 12.3. The quantitative estimate of drug-likeness (QED) is 0.337. The van der Waals surface area contributed by atoms with E-state index in [1.807, 2.05) is 16.8 Å². The lowest BCUT2D eigenvalue weighted by Crippen LogP contribution is -2.47. The molecule has 2 N–H and O–H groups in total. The predicted molar refractivity (Wildman–Crippen MR) is 117 cm³/mol. The van der Waals surface area contributed by atoms with Crippen LogP contribution >= 0.6 is 24.0 Å². The summed E-state index contributed by atoms with van der Waals surface area (Å²) in [5.41, 5.74) is 1.05. The molecule has 1 atom stereocenters. The molecule has 0 saturated heterocycles. The first kappa shape index (κ1) is 22.3. The molecular formula is C18H28IN7O2. The molecular weight excluding hydrogens is 473 g/mol. The average molecular weight is 501 g/mol. The third kappa shape index (κ3) is 6.03. The number of methoxy groups -OCH3 is 2. The summed E-state index contributed by atoms with van der Waals surface area (Å²) in [6.07, 6.45) is 3.60. The Bertz CT molecular complexity index is 781. The van der Waals surface area contributed by atoms with E-state index in [1.165, 1.54) is 0 Å². The van der Waals surface area contributed by atoms with E-state index in [0.29, 0.717) is 19.0 Å². The van der Waals surface area contributed by atoms with Gasteiger partial charge < -0.3 is 20.1 Å². The highest BCUT2D eigenvalue weighted by Crippen LogP contribution is 2.14. The predicted octanol–water partition coefficient (Wildman–Crippen LogP) is 1.52. The van der Waals surface area contributed by atoms with Crippen LogP contribution in [0.5, 0.6) is 5.88 Å². The van der Waals surface area contributed by atoms with Crippen LogP contribution in [0.25, 0.3) is 0 Å². The highest BCUT2D eigenvalue weighted by Gasteiger charge is 2.22. The maximum absolute atomic E-state index is 5.17. The number of aliphatic imine (C=N–C) groups is 1. The Morgan fingerprint density at radius 2 is 2.25 bits per heavy atom. The zero-order valence-corrected chi connectivity index (χ0v) is 18.8. The van der Waals surface area contributed by atoms with Gasteiger partial charge in [0.05, 0.1) is 20.2 Å². The van der Waals surface area contributed by atoms with E-state index in [4.69, 9.17) is 9.47 Å². The Morgan fingerprint density at radius 1 is 1.39 bits per heavy atom. The lowest BCUT2D eigenvalue weighted by Gasteiger charge is -2.25. The summed E-state index contributed by atoms with van der Waals surface area (Å²) in [6.45, 7) is 4.61. The molecule has 10 heteroatoms. The molecule has 3 heterocycles. The second-order valence-electron chi connectivity index (χ2n) is 6.34. The molecule has 1 unspecified atom stereocenters. The van der Waals surface area contributed by atoms with Gasteiger partial charge in [0.1, 0.15) is 12.4 Å². The van der Waals surface area contributed by atoms with Crippen molar-refractivity contribution in [1.82, 2.24) is 30.4 Å². The van der Waals surface area contributed by atoms with Crippen molar-refractivity contribution in [3.8, 4) is 5.88 Å². The number of rotatable bonds is 7. The fraction of sp³-hybridized carbons (Fsp3) is 0.556. The number of fused-ring (bicyclic) bond motifs is 1. The van der Waals surface area contributed by atoms with Gasteiger partial charge in [0.15, 0.2) is 11.8 Å². The van der Waals surface area contributed by atoms with E-state index < -0.39 is 0 Å². The Balaban J connectivity index is 0.00000280. The minimum atomic E-state index is 0. The van der Waals surface area contributed by atoms with Gasteiger partial charge in [-0.3, -0.25) is 0 Å². The van der Waals surface area contributed by atoms with Gasteiger partial charge in [0.25, 0.3) is 0 Å². The second kappa shape index (κ2) is 11.1. The lowest BCUT2D eigenvalue weighted by molar-refractivity contribution is 0.177. The normalized spacial score (nSPS) is 16.1. The van der Waals surface area contributed by atoms with Gasteiger partial charge in [0.2, 0.25) is 5.88 Å². The summed E-state index contributed by atoms with van der Waals surface area (Å²) in [5, 5.41) is 11.3. The number of hydrogen-bond donors (Lipinski definition) is 2. The van der Waals surface area contributed by atoms with Crippen molar-refractivity contribution in [2.75, 3.05) is 20.8 Å². The number of halogens is 1. The smallest absolute Gasteiger partial charge is 0.213 e. The zero-order valence-electron chi connectivity index (χ0n) is 16.5. The summed E-state index contributed by atoms with van der Waals surface area (Å²) in [5.74, 6) is 3.14. The molecule has 154 valence electrons. The second-order valence-corrected chi connectivity index (χ2v) is 6.34. The van der Waals surface area contributed by atoms with Crippen molar-refractivity contribution in [3.05, 3.63) is 35.5 Å². The molecule has 2 aromatic heterocycles. The lowest BCUT2D eigenvalue weighted by atomic mass is 10.1. The monoisotopic (exact) mass is 501 g/mol. The fourth-order valence-electron chi connectivity index (χ4n) is 3.01. The molecule has 2 aromatic rings. The maximum Gasteiger partial charge on any atom is 0.213 e. The molecule has 0 fully saturated rings. The van der Waals surface area contributed by atoms with Gasteiger partial charge in [-0.05, 0) is 25.0 Å². The number of guanidine groups is 1. The number of hydrogen-bond acceptors (Lipinski definition) is 6. The van der Waals surface area contributed by atoms with E-state index in [1.54, 1.807) is 20.4 Å². The maximum atomic E-state index is 5.17. The van der Waals surface area contributed by atoms with Crippen molar-refractivity contribution >= 4 is 29.9 Å². The third-order valence-corrected chi connectivity index (χ3v) is 4.29. The summed E-state index contributed by atoms with van der Waals surface area (Å²) >= 11 is 0. The van der Waals surface area contributed by atoms with Gasteiger partial charge in [0, 0.05) is 38.4 Å². The molecule has 0 bridgehead atoms. The van der Waals surface area contributed by atoms with Crippen molar-refractivity contribution < 1.29 is 9.47 Å². The highest BCUT2D eigenvalue weighted by molar-refractivity contribution is 14.0. The molecule has 28 heavy (non-hydrogen) atoms. The van der Waals surface area contributed by atoms with Gasteiger partial charge in [-0.1, -0.05) is 0 Å². The molecule has 0 spiro atoms. The molecule has 0 amide bonds. The summed E-state index contributed by atoms with van der Waals surface area (Å²) in [7, 11) is 3.27. The Morgan fingerprint density at radius 3 is 3.00 bits per heavy atom. The van der Waals surface area contributed by atoms with Gasteiger partial charge in [-0.25, -0.2) is 19.6 Å². The first-order valence-electron chi connectivity index (χ1n) is 9.17. The molecule has 1 aliphatic heterocycles. The van der Waals surface area contributed by atoms with Crippen LogP contribution in [0.3, 0.4) is 0 Å². The van der Waals surface area contributed by atoms with Crippen molar-refractivity contribution in [1.29, 1.82) is 0 Å². The number of nitrogens with zero attached hydrogens (tertiary/aromatic N) is 5. The van der Waals surface area contributed by atoms with Crippen LogP contribution in [0.2, 0.25) is 0 Å². The standard InChI is InChI=1S/C18H27N7O2.HI/c1-4-19-18(21-10-13-7-8-20-17(9-13)27-3)22-14-5-6-16-23-15(12-26-2)24-25(16)11-14;/h7-9,14H,4-6,10-12H2,1-3H3,(H2,19,21,22);1H. The Hall–Kier alpha value is -1.95. The minimum absolute atomic E-state index is 0. The van der Waals surface area contributed by atoms with Crippen molar-refractivity contribution in [2.45, 2.75) is 45.5 Å². The van der Waals surface area contributed by atoms with Gasteiger partial charge in [-0.2, -0.15) is 5.10 Å². The molecule has 0 aliphatic carbocycles. The van der Waals surface area contributed by atoms with Crippen LogP contribution in [-0.2, 0) is 30.9 Å². The average Bonchev–Trinajstić information content (AvgIpc) is 3.08. The van der Waals surface area contributed by atoms with E-state index in [0.717, 1.165) is 49.1 Å². The third-order valence-electron chi connectivity index (χ3n) is 4.29. The van der Waals surface area contributed by atoms with Crippen LogP contribution in [0.1, 0.15) is 30.6 Å². The van der Waals surface area contributed by atoms with Crippen molar-refractivity contribution in [2.24, 2.45) is 4.99 Å². The summed E-state index contributed by atoms with van der Waals surface area (Å²) in [4.78, 5) is 13.3. The number of aromatic nitrogens is 4. The molecule has 1 aliphatic rings. The molecule has 0 saturated carbocycles. The zero-order chi connectivity index (χ0) is 19.1. The minimum Gasteiger partial charge on any atom is -0.481 e. The Labute approximate surface area is 182 Å². The van der Waals surface area contributed by atoms with Crippen LogP contribution < -0.4 is 15.4 Å². The SMILES string of the molecule is CCNC(=NCc1ccnc(OC)c1)NC1CCc2nc(COC)nn2C1.I. The molecule has 9 nitrogen and oxygen atoms in total. The number of nitrogens with one attached hydrogen (secondary N) is 2. The number of aryl methyl sites for hydroxylation is 1.